The van der Waals surface area contributed by atoms with Gasteiger partial charge in [-0.25, -0.2) is 4.98 Å². The number of rotatable bonds is 6. The van der Waals surface area contributed by atoms with Crippen LogP contribution in [0.25, 0.3) is 33.5 Å². The summed E-state index contributed by atoms with van der Waals surface area (Å²) < 4.78 is 10.1. The van der Waals surface area contributed by atoms with Crippen LogP contribution in [-0.2, 0) is 13.6 Å². The lowest BCUT2D eigenvalue weighted by molar-refractivity contribution is 0.289. The average Bonchev–Trinajstić information content (AvgIpc) is 3.31. The average molecular weight is 406 g/mol. The largest absolute Gasteiger partial charge is 0.494 e. The number of hydrogen-bond donors (Lipinski definition) is 3. The Hall–Kier alpha value is -3.23. The molecule has 8 nitrogen and oxygen atoms in total. The summed E-state index contributed by atoms with van der Waals surface area (Å²) in [7, 11) is 3.68. The summed E-state index contributed by atoms with van der Waals surface area (Å²) in [6.45, 7) is 2.84. The zero-order chi connectivity index (χ0) is 20.8. The summed E-state index contributed by atoms with van der Waals surface area (Å²) in [5, 5.41) is 10.4. The van der Waals surface area contributed by atoms with E-state index in [1.54, 1.807) is 7.11 Å². The summed E-state index contributed by atoms with van der Waals surface area (Å²) in [6.07, 6.45) is 0.770. The first kappa shape index (κ1) is 18.8. The Kier molecular flexibility index (Phi) is 4.52. The number of nitrogen functional groups attached to an aromatic ring is 1. The molecule has 156 valence electrons. The van der Waals surface area contributed by atoms with E-state index in [0.717, 1.165) is 60.0 Å². The third-order valence-electron chi connectivity index (χ3n) is 5.97. The number of hydrogen-bond acceptors (Lipinski definition) is 6. The number of nitrogens with one attached hydrogen (secondary N) is 1. The highest BCUT2D eigenvalue weighted by molar-refractivity contribution is 5.97. The quantitative estimate of drug-likeness (QED) is 0.337. The Labute approximate surface area is 174 Å². The van der Waals surface area contributed by atoms with Crippen molar-refractivity contribution in [2.75, 3.05) is 37.1 Å². The van der Waals surface area contributed by atoms with E-state index in [1.807, 2.05) is 19.2 Å². The van der Waals surface area contributed by atoms with Crippen molar-refractivity contribution in [1.29, 1.82) is 0 Å². The minimum absolute atomic E-state index is 0.208. The van der Waals surface area contributed by atoms with Gasteiger partial charge in [0.05, 0.1) is 35.2 Å². The van der Waals surface area contributed by atoms with Crippen LogP contribution in [0.4, 0.5) is 11.4 Å². The summed E-state index contributed by atoms with van der Waals surface area (Å²) in [4.78, 5) is 7.31. The molecule has 30 heavy (non-hydrogen) atoms. The molecule has 8 heteroatoms. The Morgan fingerprint density at radius 3 is 2.83 bits per heavy atom. The minimum atomic E-state index is 0.208. The van der Waals surface area contributed by atoms with E-state index in [0.29, 0.717) is 0 Å². The van der Waals surface area contributed by atoms with Gasteiger partial charge in [0.2, 0.25) is 0 Å². The van der Waals surface area contributed by atoms with Crippen LogP contribution in [-0.4, -0.2) is 46.0 Å². The second-order valence-corrected chi connectivity index (χ2v) is 7.65. The van der Waals surface area contributed by atoms with Crippen molar-refractivity contribution in [2.45, 2.75) is 13.0 Å². The number of aromatic nitrogens is 3. The molecule has 4 aromatic rings. The lowest BCUT2D eigenvalue weighted by atomic mass is 10.1. The lowest BCUT2D eigenvalue weighted by Crippen LogP contribution is -2.32. The number of fused-ring (bicyclic) bond motifs is 1. The molecule has 2 aromatic heterocycles. The van der Waals surface area contributed by atoms with Gasteiger partial charge >= 0.3 is 0 Å². The van der Waals surface area contributed by atoms with E-state index in [4.69, 9.17) is 15.6 Å². The topological polar surface area (TPSA) is 93.5 Å². The maximum Gasteiger partial charge on any atom is 0.157 e. The van der Waals surface area contributed by atoms with Gasteiger partial charge in [-0.05, 0) is 24.6 Å². The van der Waals surface area contributed by atoms with Crippen LogP contribution in [0.5, 0.6) is 5.75 Å². The molecular weight excluding hydrogens is 380 g/mol. The van der Waals surface area contributed by atoms with Crippen molar-refractivity contribution in [3.8, 4) is 17.3 Å². The monoisotopic (exact) mass is 406 g/mol. The first-order valence-electron chi connectivity index (χ1n) is 10.2. The third-order valence-corrected chi connectivity index (χ3v) is 5.97. The number of aryl methyl sites for hydroxylation is 1. The van der Waals surface area contributed by atoms with Gasteiger partial charge in [0, 0.05) is 44.7 Å². The van der Waals surface area contributed by atoms with E-state index in [9.17, 15) is 5.11 Å². The number of aliphatic hydroxyl groups excluding tert-OH is 1. The molecule has 0 saturated carbocycles. The number of ether oxygens (including phenoxy) is 1. The van der Waals surface area contributed by atoms with Gasteiger partial charge in [-0.15, -0.1) is 0 Å². The highest BCUT2D eigenvalue weighted by Gasteiger charge is 2.24. The van der Waals surface area contributed by atoms with Crippen molar-refractivity contribution >= 4 is 33.3 Å². The van der Waals surface area contributed by atoms with Crippen molar-refractivity contribution in [3.05, 3.63) is 36.4 Å². The normalized spacial score (nSPS) is 13.4. The Morgan fingerprint density at radius 2 is 2.07 bits per heavy atom. The van der Waals surface area contributed by atoms with Gasteiger partial charge in [-0.2, -0.15) is 0 Å². The van der Waals surface area contributed by atoms with E-state index in [-0.39, 0.29) is 6.61 Å². The summed E-state index contributed by atoms with van der Waals surface area (Å²) >= 11 is 0. The maximum atomic E-state index is 9.25. The fourth-order valence-corrected chi connectivity index (χ4v) is 4.59. The highest BCUT2D eigenvalue weighted by Crippen LogP contribution is 2.39. The van der Waals surface area contributed by atoms with Gasteiger partial charge < -0.3 is 29.3 Å². The Balaban J connectivity index is 1.71. The highest BCUT2D eigenvalue weighted by atomic mass is 16.5. The van der Waals surface area contributed by atoms with Gasteiger partial charge in [-0.1, -0.05) is 12.1 Å². The number of para-hydroxylation sites is 1. The molecule has 1 aliphatic rings. The molecule has 1 aliphatic heterocycles. The fraction of sp³-hybridized carbons (Fsp3) is 0.318. The van der Waals surface area contributed by atoms with E-state index >= 15 is 0 Å². The lowest BCUT2D eigenvalue weighted by Gasteiger charge is -2.31. The first-order valence-corrected chi connectivity index (χ1v) is 10.2. The standard InChI is InChI=1S/C22H26N6O2/c1-26-21-16(12-15(25-23)13-19(21)30-2)24-22(26)18-11-14-5-3-6-17-20(14)28(18)9-8-27(17)7-4-10-29/h3,5-6,11-13,25,29H,4,7-10,23H2,1-2H3. The molecule has 0 unspecified atom stereocenters. The number of anilines is 2. The number of methoxy groups -OCH3 is 1. The predicted molar refractivity (Wildman–Crippen MR) is 120 cm³/mol. The van der Waals surface area contributed by atoms with E-state index < -0.39 is 0 Å². The zero-order valence-electron chi connectivity index (χ0n) is 17.2. The molecule has 0 fully saturated rings. The van der Waals surface area contributed by atoms with Crippen LogP contribution in [0.15, 0.2) is 36.4 Å². The number of aliphatic hydroxyl groups is 1. The van der Waals surface area contributed by atoms with Crippen LogP contribution < -0.4 is 20.9 Å². The molecule has 2 aromatic carbocycles. The van der Waals surface area contributed by atoms with Crippen LogP contribution in [0.2, 0.25) is 0 Å². The SMILES string of the molecule is COc1cc(NN)cc2nc(-c3cc4cccc5c4n3CCN5CCCO)n(C)c12. The van der Waals surface area contributed by atoms with Crippen LogP contribution >= 0.6 is 0 Å². The third kappa shape index (κ3) is 2.72. The van der Waals surface area contributed by atoms with Crippen molar-refractivity contribution < 1.29 is 9.84 Å². The van der Waals surface area contributed by atoms with Gasteiger partial charge in [0.15, 0.2) is 5.82 Å². The smallest absolute Gasteiger partial charge is 0.157 e. The van der Waals surface area contributed by atoms with Gasteiger partial charge in [-0.3, -0.25) is 5.84 Å². The fourth-order valence-electron chi connectivity index (χ4n) is 4.59. The number of nitrogens with zero attached hydrogens (tertiary/aromatic N) is 4. The molecule has 3 heterocycles. The van der Waals surface area contributed by atoms with Gasteiger partial charge in [0.25, 0.3) is 0 Å². The molecule has 5 rings (SSSR count). The van der Waals surface area contributed by atoms with Crippen LogP contribution in [0, 0.1) is 0 Å². The molecule has 0 bridgehead atoms. The maximum absolute atomic E-state index is 9.25. The first-order chi connectivity index (χ1) is 14.7. The van der Waals surface area contributed by atoms with Crippen molar-refractivity contribution in [3.63, 3.8) is 0 Å². The molecule has 0 spiro atoms. The Morgan fingerprint density at radius 1 is 1.20 bits per heavy atom. The second kappa shape index (κ2) is 7.23. The van der Waals surface area contributed by atoms with E-state index in [1.165, 1.54) is 16.6 Å². The number of imidazole rings is 1. The van der Waals surface area contributed by atoms with Crippen LogP contribution in [0.1, 0.15) is 6.42 Å². The van der Waals surface area contributed by atoms with E-state index in [2.05, 4.69) is 43.7 Å². The summed E-state index contributed by atoms with van der Waals surface area (Å²) in [6, 6.07) is 12.4. The summed E-state index contributed by atoms with van der Waals surface area (Å²) in [5.74, 6) is 7.25. The van der Waals surface area contributed by atoms with Crippen molar-refractivity contribution in [2.24, 2.45) is 12.9 Å². The number of hydrazine groups is 1. The molecule has 0 atom stereocenters. The predicted octanol–water partition coefficient (Wildman–Crippen LogP) is 2.69. The molecular formula is C22H26N6O2. The summed E-state index contributed by atoms with van der Waals surface area (Å²) in [5.41, 5.74) is 8.73. The Bertz CT molecular complexity index is 1240. The molecule has 0 amide bonds. The number of nitrogens with two attached hydrogens (primary N) is 1. The second-order valence-electron chi connectivity index (χ2n) is 7.65. The molecule has 4 N–H and O–H groups in total. The van der Waals surface area contributed by atoms with Crippen molar-refractivity contribution in [1.82, 2.24) is 14.1 Å². The van der Waals surface area contributed by atoms with Crippen LogP contribution in [0.3, 0.4) is 0 Å². The zero-order valence-corrected chi connectivity index (χ0v) is 17.2. The molecule has 0 aliphatic carbocycles. The molecule has 0 saturated heterocycles. The molecule has 0 radical (unpaired) electrons. The minimum Gasteiger partial charge on any atom is -0.494 e. The number of benzene rings is 2. The van der Waals surface area contributed by atoms with Gasteiger partial charge in [0.1, 0.15) is 11.3 Å².